The van der Waals surface area contributed by atoms with Gasteiger partial charge in [-0.25, -0.2) is 23.2 Å². The number of aromatic nitrogens is 3. The third kappa shape index (κ3) is 16.3. The van der Waals surface area contributed by atoms with Crippen molar-refractivity contribution in [3.05, 3.63) is 298 Å². The van der Waals surface area contributed by atoms with Crippen molar-refractivity contribution in [3.63, 3.8) is 0 Å². The number of fused-ring (bicyclic) bond motifs is 3. The van der Waals surface area contributed by atoms with Crippen LogP contribution < -0.4 is 31.4 Å². The van der Waals surface area contributed by atoms with Crippen LogP contribution >= 0.6 is 11.3 Å². The van der Waals surface area contributed by atoms with Gasteiger partial charge in [0.05, 0.1) is 90.5 Å². The molecule has 0 aliphatic carbocycles. The molecule has 0 N–H and O–H groups in total. The highest BCUT2D eigenvalue weighted by Crippen LogP contribution is 2.35. The fourth-order valence-electron chi connectivity index (χ4n) is 14.2. The van der Waals surface area contributed by atoms with Gasteiger partial charge in [-0.05, 0) is 116 Å². The number of furan rings is 2. The number of rotatable bonds is 18. The predicted molar refractivity (Wildman–Crippen MR) is 415 cm³/mol. The maximum absolute atomic E-state index is 13.9. The minimum Gasteiger partial charge on any atom is -0.462 e. The number of anilines is 3. The molecule has 6 aromatic heterocycles. The monoisotopic (exact) mass is 1510 g/mol. The van der Waals surface area contributed by atoms with E-state index in [0.29, 0.717) is 124 Å². The third-order valence-corrected chi connectivity index (χ3v) is 20.3. The molecule has 3 amide bonds. The summed E-state index contributed by atoms with van der Waals surface area (Å²) in [6.07, 6.45) is 2.94. The Morgan fingerprint density at radius 2 is 0.682 bits per heavy atom. The number of carbonyl (C=O) groups is 6. The van der Waals surface area contributed by atoms with E-state index in [0.717, 1.165) is 38.4 Å². The number of hydrogen-bond acceptors (Lipinski definition) is 18. The van der Waals surface area contributed by atoms with Crippen LogP contribution in [-0.4, -0.2) is 162 Å². The molecule has 15 rings (SSSR count). The van der Waals surface area contributed by atoms with Gasteiger partial charge in [-0.15, -0.1) is 11.3 Å². The van der Waals surface area contributed by atoms with Crippen molar-refractivity contribution in [1.29, 1.82) is 0 Å². The van der Waals surface area contributed by atoms with Gasteiger partial charge in [0.1, 0.15) is 28.3 Å². The lowest BCUT2D eigenvalue weighted by Crippen LogP contribution is -2.49. The molecule has 3 aliphatic rings. The van der Waals surface area contributed by atoms with Crippen molar-refractivity contribution in [2.24, 2.45) is 0 Å². The molecular weight excluding hydrogens is 1430 g/mol. The zero-order valence-electron chi connectivity index (χ0n) is 60.8. The molecule has 0 unspecified atom stereocenters. The topological polar surface area (TPSA) is 242 Å². The quantitative estimate of drug-likeness (QED) is 0.0573. The average molecular weight is 1510 g/mol. The van der Waals surface area contributed by atoms with Gasteiger partial charge >= 0.3 is 17.9 Å². The van der Waals surface area contributed by atoms with E-state index in [9.17, 15) is 51.9 Å². The van der Waals surface area contributed by atoms with Crippen molar-refractivity contribution >= 4 is 96.7 Å². The largest absolute Gasteiger partial charge is 0.462 e. The minimum atomic E-state index is -0.699. The average Bonchev–Trinajstić information content (AvgIpc) is 0.788. The molecule has 0 atom stereocenters. The Hall–Kier alpha value is -12.7. The fraction of sp³-hybridized carbons (Fsp3) is 0.250. The molecule has 0 saturated carbocycles. The molecule has 6 aromatic carbocycles. The van der Waals surface area contributed by atoms with Crippen LogP contribution in [0.3, 0.4) is 0 Å². The third-order valence-electron chi connectivity index (χ3n) is 19.4. The first kappa shape index (κ1) is 75.5. The van der Waals surface area contributed by atoms with E-state index >= 15 is 0 Å². The summed E-state index contributed by atoms with van der Waals surface area (Å²) in [5.41, 5.74) is 4.66. The lowest BCUT2D eigenvalue weighted by Gasteiger charge is -2.37. The summed E-state index contributed by atoms with van der Waals surface area (Å²) in [5.74, 6) is -2.57. The van der Waals surface area contributed by atoms with Crippen LogP contribution in [0.1, 0.15) is 99.3 Å². The molecule has 0 spiro atoms. The summed E-state index contributed by atoms with van der Waals surface area (Å²) in [5, 5.41) is 4.13. The Labute approximate surface area is 634 Å². The zero-order valence-corrected chi connectivity index (χ0v) is 61.6. The van der Waals surface area contributed by atoms with Gasteiger partial charge in [0.15, 0.2) is 11.5 Å². The number of pyridine rings is 3. The van der Waals surface area contributed by atoms with Gasteiger partial charge in [0, 0.05) is 94.7 Å². The first-order valence-electron chi connectivity index (χ1n) is 36.3. The molecule has 3 aliphatic heterocycles. The van der Waals surface area contributed by atoms with Gasteiger partial charge in [0.2, 0.25) is 0 Å². The molecule has 564 valence electrons. The van der Waals surface area contributed by atoms with Crippen LogP contribution in [0.5, 0.6) is 0 Å². The Kier molecular flexibility index (Phi) is 23.7. The van der Waals surface area contributed by atoms with E-state index in [2.05, 4.69) is 0 Å². The molecule has 9 heterocycles. The first-order valence-corrected chi connectivity index (χ1v) is 37.2. The van der Waals surface area contributed by atoms with Gasteiger partial charge in [-0.3, -0.25) is 28.8 Å². The van der Waals surface area contributed by atoms with E-state index in [1.165, 1.54) is 57.3 Å². The number of nitrogens with zero attached hydrogens (tertiary/aromatic N) is 9. The first-order chi connectivity index (χ1) is 53.5. The summed E-state index contributed by atoms with van der Waals surface area (Å²) < 4.78 is 58.1. The molecule has 3 fully saturated rings. The SMILES string of the molecule is CCOC(=O)c1c(N2CCN(C(=O)c3ccco3)CC2)c2ccccc2n(Cc2ccc(F)cc2)c1=O.CCOC(=O)c1c(N2CCN(C(=O)c3ccco3)CC2)c2ccccc2n(Cc2ccccc2)c1=O.CCOC(=O)c1c(N2CCN(C(=O)c3cccs3)CC2)c2ccccc2n(Cc2ccc(F)cc2)c1=O. The Morgan fingerprint density at radius 3 is 0.991 bits per heavy atom. The number of halogens is 2. The van der Waals surface area contributed by atoms with Gasteiger partial charge < -0.3 is 66.1 Å². The summed E-state index contributed by atoms with van der Waals surface area (Å²) >= 11 is 1.41. The van der Waals surface area contributed by atoms with Crippen LogP contribution in [0.25, 0.3) is 32.7 Å². The fourth-order valence-corrected chi connectivity index (χ4v) is 14.9. The minimum absolute atomic E-state index is 0.0140. The van der Waals surface area contributed by atoms with Crippen LogP contribution in [0.4, 0.5) is 25.8 Å². The summed E-state index contributed by atoms with van der Waals surface area (Å²) in [6, 6.07) is 54.2. The number of hydrogen-bond donors (Lipinski definition) is 0. The molecule has 12 aromatic rings. The molecule has 26 heteroatoms. The molecule has 0 bridgehead atoms. The predicted octanol–water partition coefficient (Wildman–Crippen LogP) is 12.1. The maximum Gasteiger partial charge on any atom is 0.345 e. The Balaban J connectivity index is 0.000000145. The summed E-state index contributed by atoms with van der Waals surface area (Å²) in [4.78, 5) is 131. The standard InChI is InChI=1S/C28H26FN3O5.C28H26FN3O4S.C28H27N3O5/c2*1-2-36-28(35)24-25(30-13-15-31(16-14-30)26(33)23-8-5-17-37-23)21-6-3-4-7-22(21)32(27(24)34)18-19-9-11-20(29)12-10-19;1-2-35-28(34)24-25(29-14-16-30(17-15-29)26(32)23-13-8-18-36-23)21-11-6-7-12-22(21)31(27(24)33)19-20-9-4-3-5-10-20/h2*3-12,17H,2,13-16,18H2,1H3;3-13,18H,2,14-17,19H2,1H3. The van der Waals surface area contributed by atoms with Crippen LogP contribution in [0, 0.1) is 11.6 Å². The van der Waals surface area contributed by atoms with Crippen LogP contribution in [0.15, 0.2) is 229 Å². The van der Waals surface area contributed by atoms with Crippen molar-refractivity contribution in [2.75, 3.05) is 113 Å². The number of amides is 3. The second kappa shape index (κ2) is 34.5. The van der Waals surface area contributed by atoms with E-state index in [4.69, 9.17) is 23.0 Å². The van der Waals surface area contributed by atoms with Gasteiger partial charge in [-0.1, -0.05) is 115 Å². The van der Waals surface area contributed by atoms with Crippen molar-refractivity contribution in [3.8, 4) is 0 Å². The number of ether oxygens (including phenoxy) is 3. The van der Waals surface area contributed by atoms with Gasteiger partial charge in [0.25, 0.3) is 34.4 Å². The van der Waals surface area contributed by atoms with Crippen LogP contribution in [0.2, 0.25) is 0 Å². The van der Waals surface area contributed by atoms with Crippen molar-refractivity contribution in [1.82, 2.24) is 28.4 Å². The van der Waals surface area contributed by atoms with Crippen molar-refractivity contribution in [2.45, 2.75) is 40.4 Å². The highest BCUT2D eigenvalue weighted by atomic mass is 32.1. The molecule has 23 nitrogen and oxygen atoms in total. The normalized spacial score (nSPS) is 13.7. The lowest BCUT2D eigenvalue weighted by molar-refractivity contribution is 0.0514. The number of piperazine rings is 3. The molecule has 110 heavy (non-hydrogen) atoms. The number of carbonyl (C=O) groups excluding carboxylic acids is 6. The second-order valence-electron chi connectivity index (χ2n) is 26.1. The Morgan fingerprint density at radius 1 is 0.364 bits per heavy atom. The second-order valence-corrected chi connectivity index (χ2v) is 27.0. The van der Waals surface area contributed by atoms with Crippen LogP contribution in [-0.2, 0) is 33.8 Å². The zero-order chi connectivity index (χ0) is 77.0. The number of benzene rings is 6. The number of para-hydroxylation sites is 3. The molecule has 0 radical (unpaired) electrons. The number of thiophene rings is 1. The van der Waals surface area contributed by atoms with E-state index in [1.807, 2.05) is 135 Å². The van der Waals surface area contributed by atoms with Crippen molar-refractivity contribution < 1.29 is 60.6 Å². The highest BCUT2D eigenvalue weighted by molar-refractivity contribution is 7.12. The summed E-state index contributed by atoms with van der Waals surface area (Å²) in [6.45, 7) is 11.5. The smallest absolute Gasteiger partial charge is 0.345 e. The molecular formula is C84H79F2N9O14S. The Bertz CT molecular complexity index is 5270. The summed E-state index contributed by atoms with van der Waals surface area (Å²) in [7, 11) is 0. The van der Waals surface area contributed by atoms with Gasteiger partial charge in [-0.2, -0.15) is 0 Å². The van der Waals surface area contributed by atoms with E-state index in [1.54, 1.807) is 88.6 Å². The maximum atomic E-state index is 13.9. The lowest BCUT2D eigenvalue weighted by atomic mass is 10.0. The number of esters is 3. The van der Waals surface area contributed by atoms with E-state index in [-0.39, 0.29) is 90.3 Å². The van der Waals surface area contributed by atoms with E-state index < -0.39 is 29.0 Å². The molecule has 3 saturated heterocycles. The highest BCUT2D eigenvalue weighted by Gasteiger charge is 2.35.